The number of carbonyl (C=O) groups is 2. The number of amides is 2. The van der Waals surface area contributed by atoms with Crippen LogP contribution >= 0.6 is 0 Å². The Balaban J connectivity index is 0.000000410. The second kappa shape index (κ2) is 15.0. The van der Waals surface area contributed by atoms with E-state index in [4.69, 9.17) is 8.85 Å². The van der Waals surface area contributed by atoms with Crippen LogP contribution in [0.2, 0.25) is 36.3 Å². The molecular formula is C32H62N2O5Si2. The van der Waals surface area contributed by atoms with Crippen LogP contribution in [0.15, 0.2) is 25.3 Å². The van der Waals surface area contributed by atoms with E-state index in [0.717, 1.165) is 50.1 Å². The van der Waals surface area contributed by atoms with Gasteiger partial charge in [-0.1, -0.05) is 53.7 Å². The summed E-state index contributed by atoms with van der Waals surface area (Å²) in [5, 5.41) is 14.0. The van der Waals surface area contributed by atoms with Gasteiger partial charge in [0.05, 0.1) is 10.8 Å². The Morgan fingerprint density at radius 2 is 1.29 bits per heavy atom. The number of hydrogen-bond acceptors (Lipinski definition) is 5. The largest absolute Gasteiger partial charge is 0.417 e. The van der Waals surface area contributed by atoms with Gasteiger partial charge in [-0.2, -0.15) is 0 Å². The minimum absolute atomic E-state index is 0.165. The third-order valence-corrected chi connectivity index (χ3v) is 19.2. The van der Waals surface area contributed by atoms with Gasteiger partial charge in [0.15, 0.2) is 16.6 Å². The number of nitrogens with one attached hydrogen (secondary N) is 1. The first-order valence-electron chi connectivity index (χ1n) is 15.5. The van der Waals surface area contributed by atoms with E-state index in [2.05, 4.69) is 86.2 Å². The van der Waals surface area contributed by atoms with Crippen LogP contribution in [0, 0.1) is 10.8 Å². The van der Waals surface area contributed by atoms with E-state index < -0.39 is 22.0 Å². The molecule has 7 nitrogen and oxygen atoms in total. The Bertz CT molecular complexity index is 893. The number of piperidine rings is 2. The van der Waals surface area contributed by atoms with Crippen molar-refractivity contribution < 1.29 is 23.6 Å². The zero-order valence-corrected chi connectivity index (χ0v) is 30.1. The molecule has 2 N–H and O–H groups in total. The minimum Gasteiger partial charge on any atom is -0.417 e. The van der Waals surface area contributed by atoms with Crippen molar-refractivity contribution in [1.82, 2.24) is 10.4 Å². The molecule has 0 bridgehead atoms. The summed E-state index contributed by atoms with van der Waals surface area (Å²) in [6, 6.07) is 0. The van der Waals surface area contributed by atoms with E-state index in [0.29, 0.717) is 32.6 Å². The zero-order chi connectivity index (χ0) is 31.8. The van der Waals surface area contributed by atoms with Crippen LogP contribution in [0.3, 0.4) is 0 Å². The molecule has 0 saturated carbocycles. The van der Waals surface area contributed by atoms with E-state index >= 15 is 0 Å². The lowest BCUT2D eigenvalue weighted by molar-refractivity contribution is -0.186. The highest BCUT2D eigenvalue weighted by Crippen LogP contribution is 2.41. The van der Waals surface area contributed by atoms with E-state index in [1.807, 2.05) is 6.08 Å². The lowest BCUT2D eigenvalue weighted by atomic mass is 9.74. The topological polar surface area (TPSA) is 88.1 Å². The Hall–Kier alpha value is -1.27. The highest BCUT2D eigenvalue weighted by molar-refractivity contribution is 6.74. The maximum atomic E-state index is 12.4. The average Bonchev–Trinajstić information content (AvgIpc) is 2.83. The average molecular weight is 611 g/mol. The Labute approximate surface area is 253 Å². The van der Waals surface area contributed by atoms with Gasteiger partial charge in [0.1, 0.15) is 0 Å². The molecule has 2 fully saturated rings. The molecule has 2 saturated heterocycles. The summed E-state index contributed by atoms with van der Waals surface area (Å²) < 4.78 is 12.4. The first kappa shape index (κ1) is 37.8. The van der Waals surface area contributed by atoms with Crippen LogP contribution in [0.1, 0.15) is 92.9 Å². The first-order valence-corrected chi connectivity index (χ1v) is 21.3. The van der Waals surface area contributed by atoms with Crippen molar-refractivity contribution in [2.24, 2.45) is 10.8 Å². The smallest absolute Gasteiger partial charge is 0.252 e. The quantitative estimate of drug-likeness (QED) is 0.133. The van der Waals surface area contributed by atoms with Crippen molar-refractivity contribution in [2.75, 3.05) is 26.3 Å². The van der Waals surface area contributed by atoms with Crippen LogP contribution in [-0.4, -0.2) is 65.0 Å². The van der Waals surface area contributed by atoms with Crippen molar-refractivity contribution >= 4 is 28.4 Å². The summed E-state index contributed by atoms with van der Waals surface area (Å²) in [6.45, 7) is 32.4. The van der Waals surface area contributed by atoms with Crippen LogP contribution in [0.25, 0.3) is 0 Å². The SMILES string of the molecule is C=CC[C@]1(CCO[Si](C)(C)C(C)(C)C)CCCN(O)C1=O.C=CC[C@]1(CCO[Si](C)(C)C(C)(C)C)CCCNC1=O. The minimum atomic E-state index is -1.80. The molecule has 41 heavy (non-hydrogen) atoms. The maximum Gasteiger partial charge on any atom is 0.252 e. The summed E-state index contributed by atoms with van der Waals surface area (Å²) >= 11 is 0. The molecule has 0 aliphatic carbocycles. The predicted octanol–water partition coefficient (Wildman–Crippen LogP) is 7.84. The second-order valence-electron chi connectivity index (χ2n) is 15.2. The summed E-state index contributed by atoms with van der Waals surface area (Å²) in [5.74, 6) is 0.00922. The Morgan fingerprint density at radius 1 is 0.854 bits per heavy atom. The van der Waals surface area contributed by atoms with Crippen LogP contribution < -0.4 is 5.32 Å². The van der Waals surface area contributed by atoms with E-state index in [1.165, 1.54) is 0 Å². The molecule has 0 aromatic heterocycles. The zero-order valence-electron chi connectivity index (χ0n) is 28.1. The summed E-state index contributed by atoms with van der Waals surface area (Å²) in [4.78, 5) is 24.6. The molecule has 2 rings (SSSR count). The third-order valence-electron chi connectivity index (χ3n) is 10.1. The van der Waals surface area contributed by atoms with Crippen molar-refractivity contribution in [3.8, 4) is 0 Å². The fourth-order valence-corrected chi connectivity index (χ4v) is 7.12. The molecule has 0 radical (unpaired) electrons. The fraction of sp³-hybridized carbons (Fsp3) is 0.812. The second-order valence-corrected chi connectivity index (χ2v) is 24.8. The lowest BCUT2D eigenvalue weighted by Gasteiger charge is -2.40. The Morgan fingerprint density at radius 3 is 1.73 bits per heavy atom. The van der Waals surface area contributed by atoms with Gasteiger partial charge in [-0.25, -0.2) is 5.06 Å². The van der Waals surface area contributed by atoms with E-state index in [1.54, 1.807) is 6.08 Å². The number of allylic oxidation sites excluding steroid dienone is 2. The maximum absolute atomic E-state index is 12.4. The molecule has 238 valence electrons. The van der Waals surface area contributed by atoms with Gasteiger partial charge < -0.3 is 14.2 Å². The van der Waals surface area contributed by atoms with Gasteiger partial charge >= 0.3 is 0 Å². The highest BCUT2D eigenvalue weighted by atomic mass is 28.4. The third kappa shape index (κ3) is 10.2. The fourth-order valence-electron chi connectivity index (χ4n) is 5.03. The van der Waals surface area contributed by atoms with Crippen LogP contribution in [0.4, 0.5) is 0 Å². The molecule has 2 atom stereocenters. The number of carbonyl (C=O) groups excluding carboxylic acids is 2. The van der Waals surface area contributed by atoms with Gasteiger partial charge in [-0.3, -0.25) is 14.8 Å². The molecule has 2 amide bonds. The summed E-state index contributed by atoms with van der Waals surface area (Å²) in [5.41, 5.74) is -0.820. The molecule has 2 heterocycles. The number of hydroxylamine groups is 2. The van der Waals surface area contributed by atoms with Crippen molar-refractivity contribution in [1.29, 1.82) is 0 Å². The summed E-state index contributed by atoms with van der Waals surface area (Å²) in [7, 11) is -3.52. The normalized spacial score (nSPS) is 24.3. The van der Waals surface area contributed by atoms with Gasteiger partial charge in [-0.05, 0) is 87.6 Å². The molecule has 2 aliphatic rings. The number of hydrogen-bond donors (Lipinski definition) is 2. The summed E-state index contributed by atoms with van der Waals surface area (Å²) in [6.07, 6.45) is 10.1. The van der Waals surface area contributed by atoms with Gasteiger partial charge in [0.25, 0.3) is 5.91 Å². The van der Waals surface area contributed by atoms with E-state index in [9.17, 15) is 14.8 Å². The van der Waals surface area contributed by atoms with Crippen LogP contribution in [-0.2, 0) is 18.4 Å². The van der Waals surface area contributed by atoms with Gasteiger partial charge in [-0.15, -0.1) is 13.2 Å². The van der Waals surface area contributed by atoms with Crippen molar-refractivity contribution in [3.05, 3.63) is 25.3 Å². The van der Waals surface area contributed by atoms with Gasteiger partial charge in [0.2, 0.25) is 5.91 Å². The molecule has 9 heteroatoms. The first-order chi connectivity index (χ1) is 18.7. The van der Waals surface area contributed by atoms with E-state index in [-0.39, 0.29) is 27.3 Å². The molecule has 0 unspecified atom stereocenters. The van der Waals surface area contributed by atoms with Crippen LogP contribution in [0.5, 0.6) is 0 Å². The van der Waals surface area contributed by atoms with Crippen molar-refractivity contribution in [3.63, 3.8) is 0 Å². The monoisotopic (exact) mass is 610 g/mol. The predicted molar refractivity (Wildman–Crippen MR) is 175 cm³/mol. The van der Waals surface area contributed by atoms with Gasteiger partial charge in [0, 0.05) is 26.3 Å². The molecule has 2 aliphatic heterocycles. The standard InChI is InChI=1S/C16H31NO3Si.C16H31NO2Si/c1-7-9-16(10-8-12-17(19)14(16)18)11-13-20-21(5,6)15(2,3)4;1-7-9-16(10-8-12-17-14(16)18)11-13-19-20(5,6)15(2,3)4/h7,19H,1,8-13H2,2-6H3;7H,1,8-13H2,2-6H3,(H,17,18)/t2*16-/m11/s1. The number of nitrogens with zero attached hydrogens (tertiary/aromatic N) is 1. The molecular weight excluding hydrogens is 549 g/mol. The highest BCUT2D eigenvalue weighted by Gasteiger charge is 2.44. The lowest BCUT2D eigenvalue weighted by Crippen LogP contribution is -2.48. The number of rotatable bonds is 12. The van der Waals surface area contributed by atoms with Crippen molar-refractivity contribution in [2.45, 2.75) is 129 Å². The molecule has 0 aromatic rings. The Kier molecular flexibility index (Phi) is 13.8. The molecule has 0 aromatic carbocycles. The molecule has 0 spiro atoms.